The minimum absolute atomic E-state index is 0.332. The first-order valence-electron chi connectivity index (χ1n) is 9.73. The SMILES string of the molecule is CCNC(=NCC(O)COCC(C)C)N1CCN(Cc2ccc(Cl)s2)CC1. The molecule has 2 N–H and O–H groups in total. The van der Waals surface area contributed by atoms with Crippen molar-refractivity contribution in [3.63, 3.8) is 0 Å². The summed E-state index contributed by atoms with van der Waals surface area (Å²) in [6.07, 6.45) is -0.567. The molecule has 0 aromatic carbocycles. The smallest absolute Gasteiger partial charge is 0.194 e. The van der Waals surface area contributed by atoms with Crippen LogP contribution in [0, 0.1) is 5.92 Å². The minimum atomic E-state index is -0.567. The molecular formula is C19H33ClN4O2S. The Morgan fingerprint density at radius 2 is 2.04 bits per heavy atom. The average Bonchev–Trinajstić information content (AvgIpc) is 3.04. The van der Waals surface area contributed by atoms with Gasteiger partial charge in [0.05, 0.1) is 23.6 Å². The van der Waals surface area contributed by atoms with Crippen LogP contribution in [0.1, 0.15) is 25.6 Å². The van der Waals surface area contributed by atoms with Crippen LogP contribution in [0.3, 0.4) is 0 Å². The molecular weight excluding hydrogens is 384 g/mol. The van der Waals surface area contributed by atoms with E-state index in [4.69, 9.17) is 16.3 Å². The monoisotopic (exact) mass is 416 g/mol. The number of aliphatic hydroxyl groups is 1. The number of rotatable bonds is 9. The molecule has 0 aliphatic carbocycles. The zero-order valence-corrected chi connectivity index (χ0v) is 18.2. The van der Waals surface area contributed by atoms with E-state index >= 15 is 0 Å². The number of hydrogen-bond acceptors (Lipinski definition) is 5. The molecule has 0 spiro atoms. The summed E-state index contributed by atoms with van der Waals surface area (Å²) in [7, 11) is 0. The fraction of sp³-hybridized carbons (Fsp3) is 0.737. The van der Waals surface area contributed by atoms with Crippen molar-refractivity contribution in [1.82, 2.24) is 15.1 Å². The van der Waals surface area contributed by atoms with E-state index in [1.54, 1.807) is 11.3 Å². The molecule has 0 bridgehead atoms. The van der Waals surface area contributed by atoms with Crippen molar-refractivity contribution in [2.24, 2.45) is 10.9 Å². The number of ether oxygens (including phenoxy) is 1. The Hall–Kier alpha value is -0.860. The molecule has 1 aliphatic rings. The van der Waals surface area contributed by atoms with Gasteiger partial charge in [-0.05, 0) is 25.0 Å². The largest absolute Gasteiger partial charge is 0.389 e. The normalized spacial score (nSPS) is 17.6. The molecule has 1 aliphatic heterocycles. The molecule has 0 radical (unpaired) electrons. The fourth-order valence-electron chi connectivity index (χ4n) is 2.89. The van der Waals surface area contributed by atoms with Crippen LogP contribution >= 0.6 is 22.9 Å². The number of halogens is 1. The van der Waals surface area contributed by atoms with Crippen LogP contribution in [0.15, 0.2) is 17.1 Å². The highest BCUT2D eigenvalue weighted by Crippen LogP contribution is 2.23. The lowest BCUT2D eigenvalue weighted by Gasteiger charge is -2.36. The molecule has 0 amide bonds. The van der Waals surface area contributed by atoms with Gasteiger partial charge in [0.15, 0.2) is 5.96 Å². The van der Waals surface area contributed by atoms with Crippen LogP contribution < -0.4 is 5.32 Å². The Morgan fingerprint density at radius 3 is 2.63 bits per heavy atom. The lowest BCUT2D eigenvalue weighted by molar-refractivity contribution is 0.0300. The van der Waals surface area contributed by atoms with Crippen molar-refractivity contribution in [1.29, 1.82) is 0 Å². The molecule has 27 heavy (non-hydrogen) atoms. The average molecular weight is 417 g/mol. The third-order valence-electron chi connectivity index (χ3n) is 4.23. The van der Waals surface area contributed by atoms with Gasteiger partial charge >= 0.3 is 0 Å². The van der Waals surface area contributed by atoms with Crippen molar-refractivity contribution < 1.29 is 9.84 Å². The number of aliphatic imine (C=N–C) groups is 1. The maximum absolute atomic E-state index is 10.1. The van der Waals surface area contributed by atoms with E-state index in [1.165, 1.54) is 4.88 Å². The van der Waals surface area contributed by atoms with Gasteiger partial charge in [0.1, 0.15) is 0 Å². The molecule has 2 heterocycles. The van der Waals surface area contributed by atoms with Crippen LogP contribution in [0.25, 0.3) is 0 Å². The zero-order valence-electron chi connectivity index (χ0n) is 16.7. The minimum Gasteiger partial charge on any atom is -0.389 e. The number of aliphatic hydroxyl groups excluding tert-OH is 1. The molecule has 1 fully saturated rings. The molecule has 1 unspecified atom stereocenters. The summed E-state index contributed by atoms with van der Waals surface area (Å²) in [4.78, 5) is 10.6. The summed E-state index contributed by atoms with van der Waals surface area (Å²) >= 11 is 7.67. The van der Waals surface area contributed by atoms with Crippen LogP contribution in [0.5, 0.6) is 0 Å². The van der Waals surface area contributed by atoms with E-state index in [0.29, 0.717) is 25.7 Å². The summed E-state index contributed by atoms with van der Waals surface area (Å²) in [5, 5.41) is 13.4. The lowest BCUT2D eigenvalue weighted by atomic mass is 10.2. The van der Waals surface area contributed by atoms with Crippen LogP contribution in [-0.4, -0.2) is 79.5 Å². The van der Waals surface area contributed by atoms with Gasteiger partial charge in [-0.1, -0.05) is 25.4 Å². The predicted octanol–water partition coefficient (Wildman–Crippen LogP) is 2.52. The van der Waals surface area contributed by atoms with Gasteiger partial charge in [-0.2, -0.15) is 0 Å². The van der Waals surface area contributed by atoms with E-state index in [9.17, 15) is 5.11 Å². The summed E-state index contributed by atoms with van der Waals surface area (Å²) in [5.41, 5.74) is 0. The van der Waals surface area contributed by atoms with E-state index < -0.39 is 6.10 Å². The van der Waals surface area contributed by atoms with Gasteiger partial charge in [-0.25, -0.2) is 0 Å². The number of piperazine rings is 1. The quantitative estimate of drug-likeness (QED) is 0.478. The van der Waals surface area contributed by atoms with Crippen LogP contribution in [0.4, 0.5) is 0 Å². The lowest BCUT2D eigenvalue weighted by Crippen LogP contribution is -2.52. The van der Waals surface area contributed by atoms with Crippen LogP contribution in [0.2, 0.25) is 4.34 Å². The number of hydrogen-bond donors (Lipinski definition) is 2. The molecule has 154 valence electrons. The van der Waals surface area contributed by atoms with Crippen molar-refractivity contribution in [3.05, 3.63) is 21.3 Å². The van der Waals surface area contributed by atoms with E-state index in [2.05, 4.69) is 46.9 Å². The summed E-state index contributed by atoms with van der Waals surface area (Å²) < 4.78 is 6.35. The Kier molecular flexibility index (Phi) is 9.86. The van der Waals surface area contributed by atoms with Crippen molar-refractivity contribution in [2.45, 2.75) is 33.4 Å². The van der Waals surface area contributed by atoms with Gasteiger partial charge < -0.3 is 20.1 Å². The molecule has 1 aromatic rings. The second-order valence-corrected chi connectivity index (χ2v) is 9.05. The van der Waals surface area contributed by atoms with Crippen LogP contribution in [-0.2, 0) is 11.3 Å². The Bertz CT molecular complexity index is 574. The molecule has 1 atom stereocenters. The van der Waals surface area contributed by atoms with E-state index in [0.717, 1.165) is 49.6 Å². The second-order valence-electron chi connectivity index (χ2n) is 7.25. The predicted molar refractivity (Wildman–Crippen MR) is 114 cm³/mol. The fourth-order valence-corrected chi connectivity index (χ4v) is 4.02. The Labute approximate surface area is 172 Å². The van der Waals surface area contributed by atoms with Crippen molar-refractivity contribution in [2.75, 3.05) is 52.5 Å². The number of nitrogens with zero attached hydrogens (tertiary/aromatic N) is 3. The molecule has 8 heteroatoms. The first-order chi connectivity index (χ1) is 13.0. The number of guanidine groups is 1. The molecule has 0 saturated carbocycles. The maximum atomic E-state index is 10.1. The highest BCUT2D eigenvalue weighted by Gasteiger charge is 2.20. The van der Waals surface area contributed by atoms with E-state index in [-0.39, 0.29) is 0 Å². The second kappa shape index (κ2) is 11.9. The van der Waals surface area contributed by atoms with Gasteiger partial charge in [0.25, 0.3) is 0 Å². The zero-order chi connectivity index (χ0) is 19.6. The molecule has 1 saturated heterocycles. The summed E-state index contributed by atoms with van der Waals surface area (Å²) in [6, 6.07) is 4.07. The summed E-state index contributed by atoms with van der Waals surface area (Å²) in [5.74, 6) is 1.35. The van der Waals surface area contributed by atoms with Gasteiger partial charge in [-0.15, -0.1) is 11.3 Å². The molecule has 6 nitrogen and oxygen atoms in total. The van der Waals surface area contributed by atoms with Gasteiger partial charge in [0, 0.05) is 50.8 Å². The first kappa shape index (κ1) is 22.4. The molecule has 1 aromatic heterocycles. The Balaban J connectivity index is 1.78. The highest BCUT2D eigenvalue weighted by molar-refractivity contribution is 7.16. The number of thiophene rings is 1. The topological polar surface area (TPSA) is 60.3 Å². The third-order valence-corrected chi connectivity index (χ3v) is 5.44. The maximum Gasteiger partial charge on any atom is 0.194 e. The van der Waals surface area contributed by atoms with Gasteiger partial charge in [-0.3, -0.25) is 9.89 Å². The van der Waals surface area contributed by atoms with Gasteiger partial charge in [0.2, 0.25) is 0 Å². The van der Waals surface area contributed by atoms with Crippen molar-refractivity contribution in [3.8, 4) is 0 Å². The third kappa shape index (κ3) is 8.35. The first-order valence-corrected chi connectivity index (χ1v) is 10.9. The van der Waals surface area contributed by atoms with Crippen molar-refractivity contribution >= 4 is 28.9 Å². The summed E-state index contributed by atoms with van der Waals surface area (Å²) in [6.45, 7) is 13.2. The Morgan fingerprint density at radius 1 is 1.30 bits per heavy atom. The highest BCUT2D eigenvalue weighted by atomic mass is 35.5. The molecule has 2 rings (SSSR count). The number of nitrogens with one attached hydrogen (secondary N) is 1. The van der Waals surface area contributed by atoms with E-state index in [1.807, 2.05) is 6.07 Å². The standard InChI is InChI=1S/C19H33ClN4O2S/c1-4-21-19(22-11-16(25)14-26-13-15(2)3)24-9-7-23(8-10-24)12-17-5-6-18(20)27-17/h5-6,15-16,25H,4,7-14H2,1-3H3,(H,21,22).